The lowest BCUT2D eigenvalue weighted by Gasteiger charge is -2.23. The van der Waals surface area contributed by atoms with Crippen molar-refractivity contribution in [2.75, 3.05) is 4.90 Å². The first-order chi connectivity index (χ1) is 13.3. The maximum Gasteiger partial charge on any atom is 0.230 e. The number of carbonyl (C=O) groups excluding carboxylic acids is 1. The van der Waals surface area contributed by atoms with Gasteiger partial charge in [-0.15, -0.1) is 11.3 Å². The summed E-state index contributed by atoms with van der Waals surface area (Å²) in [7, 11) is 0. The first-order valence-electron chi connectivity index (χ1n) is 8.67. The summed E-state index contributed by atoms with van der Waals surface area (Å²) in [6, 6.07) is 9.51. The van der Waals surface area contributed by atoms with Crippen molar-refractivity contribution in [1.29, 1.82) is 0 Å². The van der Waals surface area contributed by atoms with Gasteiger partial charge in [-0.05, 0) is 66.0 Å². The number of carbonyl (C=O) groups is 1. The number of aromatic nitrogens is 1. The van der Waals surface area contributed by atoms with Crippen LogP contribution in [0.4, 0.5) is 10.8 Å². The fourth-order valence-corrected chi connectivity index (χ4v) is 4.78. The Morgan fingerprint density at radius 2 is 1.89 bits per heavy atom. The molecule has 0 fully saturated rings. The number of ether oxygens (including phenoxy) is 1. The second kappa shape index (κ2) is 8.64. The summed E-state index contributed by atoms with van der Waals surface area (Å²) < 4.78 is 6.62. The molecule has 0 unspecified atom stereocenters. The molecule has 1 heterocycles. The maximum absolute atomic E-state index is 12.4. The molecule has 0 radical (unpaired) electrons. The molecule has 0 saturated heterocycles. The Morgan fingerprint density at radius 1 is 1.21 bits per heavy atom. The van der Waals surface area contributed by atoms with Gasteiger partial charge >= 0.3 is 0 Å². The summed E-state index contributed by atoms with van der Waals surface area (Å²) in [5.41, 5.74) is 4.91. The molecular formula is C21H20BrClN2O2S. The first-order valence-corrected chi connectivity index (χ1v) is 10.7. The second-order valence-electron chi connectivity index (χ2n) is 6.59. The van der Waals surface area contributed by atoms with E-state index in [0.29, 0.717) is 22.5 Å². The van der Waals surface area contributed by atoms with Crippen LogP contribution >= 0.6 is 38.9 Å². The molecule has 7 heteroatoms. The molecule has 0 saturated carbocycles. The number of rotatable bonds is 5. The summed E-state index contributed by atoms with van der Waals surface area (Å²) in [6.45, 7) is 7.94. The van der Waals surface area contributed by atoms with Crippen molar-refractivity contribution in [2.45, 2.75) is 34.3 Å². The van der Waals surface area contributed by atoms with Crippen LogP contribution in [0.1, 0.15) is 29.3 Å². The third-order valence-electron chi connectivity index (χ3n) is 4.17. The topological polar surface area (TPSA) is 42.4 Å². The molecule has 3 aromatic rings. The minimum atomic E-state index is -0.0719. The third kappa shape index (κ3) is 4.57. The lowest BCUT2D eigenvalue weighted by atomic mass is 10.0. The van der Waals surface area contributed by atoms with E-state index in [0.717, 1.165) is 27.0 Å². The van der Waals surface area contributed by atoms with Gasteiger partial charge < -0.3 is 4.74 Å². The first kappa shape index (κ1) is 20.8. The number of aryl methyl sites for hydroxylation is 3. The van der Waals surface area contributed by atoms with Crippen LogP contribution in [0.15, 0.2) is 40.2 Å². The fraction of sp³-hybridized carbons (Fsp3) is 0.238. The quantitative estimate of drug-likeness (QED) is 0.406. The average Bonchev–Trinajstić information content (AvgIpc) is 3.05. The molecule has 0 bridgehead atoms. The summed E-state index contributed by atoms with van der Waals surface area (Å²) in [6.07, 6.45) is 0. The average molecular weight is 480 g/mol. The number of nitrogens with zero attached hydrogens (tertiary/aromatic N) is 2. The summed E-state index contributed by atoms with van der Waals surface area (Å²) in [4.78, 5) is 18.8. The van der Waals surface area contributed by atoms with Gasteiger partial charge in [-0.2, -0.15) is 0 Å². The van der Waals surface area contributed by atoms with E-state index >= 15 is 0 Å². The highest BCUT2D eigenvalue weighted by Crippen LogP contribution is 2.35. The molecular weight excluding hydrogens is 460 g/mol. The molecule has 146 valence electrons. The second-order valence-corrected chi connectivity index (χ2v) is 8.71. The SMILES string of the molecule is CC(=O)N(c1nc(COc2ccc(Cl)cc2Br)cs1)c1c(C)cc(C)cc1C. The van der Waals surface area contributed by atoms with Crippen molar-refractivity contribution in [3.63, 3.8) is 0 Å². The Labute approximate surface area is 182 Å². The van der Waals surface area contributed by atoms with E-state index in [4.69, 9.17) is 16.3 Å². The predicted molar refractivity (Wildman–Crippen MR) is 119 cm³/mol. The highest BCUT2D eigenvalue weighted by molar-refractivity contribution is 9.10. The van der Waals surface area contributed by atoms with E-state index in [-0.39, 0.29) is 5.91 Å². The molecule has 28 heavy (non-hydrogen) atoms. The van der Waals surface area contributed by atoms with Gasteiger partial charge in [0.05, 0.1) is 15.9 Å². The maximum atomic E-state index is 12.4. The van der Waals surface area contributed by atoms with Gasteiger partial charge in [-0.25, -0.2) is 4.98 Å². The number of amides is 1. The highest BCUT2D eigenvalue weighted by Gasteiger charge is 2.22. The number of thiazole rings is 1. The molecule has 4 nitrogen and oxygen atoms in total. The Bertz CT molecular complexity index is 1010. The summed E-state index contributed by atoms with van der Waals surface area (Å²) in [5.74, 6) is 0.616. The van der Waals surface area contributed by atoms with Crippen molar-refractivity contribution >= 4 is 55.6 Å². The van der Waals surface area contributed by atoms with Crippen molar-refractivity contribution in [2.24, 2.45) is 0 Å². The molecule has 0 aliphatic heterocycles. The molecule has 1 amide bonds. The van der Waals surface area contributed by atoms with E-state index in [1.807, 2.05) is 19.2 Å². The molecule has 3 rings (SSSR count). The number of halogens is 2. The molecule has 0 aliphatic rings. The zero-order valence-corrected chi connectivity index (χ0v) is 19.2. The molecule has 1 aromatic heterocycles. The number of anilines is 2. The largest absolute Gasteiger partial charge is 0.486 e. The Kier molecular flexibility index (Phi) is 6.43. The summed E-state index contributed by atoms with van der Waals surface area (Å²) in [5, 5.41) is 3.18. The van der Waals surface area contributed by atoms with Crippen LogP contribution in [0.2, 0.25) is 5.02 Å². The summed E-state index contributed by atoms with van der Waals surface area (Å²) >= 11 is 10.8. The van der Waals surface area contributed by atoms with Crippen LogP contribution in [-0.2, 0) is 11.4 Å². The van der Waals surface area contributed by atoms with Crippen LogP contribution in [0.3, 0.4) is 0 Å². The van der Waals surface area contributed by atoms with Crippen LogP contribution < -0.4 is 9.64 Å². The smallest absolute Gasteiger partial charge is 0.230 e. The molecule has 0 spiro atoms. The van der Waals surface area contributed by atoms with Crippen molar-refractivity contribution in [3.8, 4) is 5.75 Å². The number of benzene rings is 2. The molecule has 0 N–H and O–H groups in total. The van der Waals surface area contributed by atoms with Gasteiger partial charge in [0.2, 0.25) is 5.91 Å². The Morgan fingerprint density at radius 3 is 2.50 bits per heavy atom. The van der Waals surface area contributed by atoms with Gasteiger partial charge in [0.1, 0.15) is 12.4 Å². The lowest BCUT2D eigenvalue weighted by Crippen LogP contribution is -2.24. The minimum absolute atomic E-state index is 0.0719. The minimum Gasteiger partial charge on any atom is -0.486 e. The monoisotopic (exact) mass is 478 g/mol. The molecule has 0 aliphatic carbocycles. The van der Waals surface area contributed by atoms with E-state index in [2.05, 4.69) is 40.0 Å². The van der Waals surface area contributed by atoms with E-state index in [1.54, 1.807) is 30.0 Å². The molecule has 2 aromatic carbocycles. The van der Waals surface area contributed by atoms with Gasteiger partial charge in [0.15, 0.2) is 5.13 Å². The number of hydrogen-bond acceptors (Lipinski definition) is 4. The normalized spacial score (nSPS) is 10.8. The van der Waals surface area contributed by atoms with Gasteiger partial charge in [-0.3, -0.25) is 9.69 Å². The Balaban J connectivity index is 1.85. The van der Waals surface area contributed by atoms with E-state index < -0.39 is 0 Å². The van der Waals surface area contributed by atoms with Crippen LogP contribution in [0, 0.1) is 20.8 Å². The van der Waals surface area contributed by atoms with Crippen molar-refractivity contribution in [1.82, 2.24) is 4.98 Å². The fourth-order valence-electron chi connectivity index (χ4n) is 3.12. The zero-order valence-electron chi connectivity index (χ0n) is 16.0. The van der Waals surface area contributed by atoms with Gasteiger partial charge in [0.25, 0.3) is 0 Å². The van der Waals surface area contributed by atoms with E-state index in [1.165, 1.54) is 16.9 Å². The van der Waals surface area contributed by atoms with Gasteiger partial charge in [0, 0.05) is 17.3 Å². The van der Waals surface area contributed by atoms with Crippen LogP contribution in [-0.4, -0.2) is 10.9 Å². The lowest BCUT2D eigenvalue weighted by molar-refractivity contribution is -0.115. The molecule has 0 atom stereocenters. The highest BCUT2D eigenvalue weighted by atomic mass is 79.9. The van der Waals surface area contributed by atoms with Crippen molar-refractivity contribution < 1.29 is 9.53 Å². The van der Waals surface area contributed by atoms with Crippen LogP contribution in [0.5, 0.6) is 5.75 Å². The third-order valence-corrected chi connectivity index (χ3v) is 5.90. The Hall–Kier alpha value is -1.89. The van der Waals surface area contributed by atoms with Crippen molar-refractivity contribution in [3.05, 3.63) is 67.6 Å². The number of hydrogen-bond donors (Lipinski definition) is 0. The van der Waals surface area contributed by atoms with Crippen LogP contribution in [0.25, 0.3) is 0 Å². The predicted octanol–water partition coefficient (Wildman–Crippen LogP) is 6.75. The standard InChI is InChI=1S/C21H20BrClN2O2S/c1-12-7-13(2)20(14(3)8-12)25(15(4)26)21-24-17(11-28-21)10-27-19-6-5-16(23)9-18(19)22/h5-9,11H,10H2,1-4H3. The zero-order chi connectivity index (χ0) is 20.4. The van der Waals surface area contributed by atoms with Gasteiger partial charge in [-0.1, -0.05) is 29.3 Å². The van der Waals surface area contributed by atoms with E-state index in [9.17, 15) is 4.79 Å².